The summed E-state index contributed by atoms with van der Waals surface area (Å²) in [5, 5.41) is 8.86. The molecule has 1 aromatic carbocycles. The summed E-state index contributed by atoms with van der Waals surface area (Å²) in [6.07, 6.45) is 4.06. The molecule has 5 heteroatoms. The van der Waals surface area contributed by atoms with Crippen molar-refractivity contribution in [2.45, 2.75) is 51.5 Å². The summed E-state index contributed by atoms with van der Waals surface area (Å²) in [5.41, 5.74) is 2.12. The monoisotopic (exact) mass is 367 g/mol. The van der Waals surface area contributed by atoms with Gasteiger partial charge in [-0.2, -0.15) is 0 Å². The molecule has 1 aliphatic heterocycles. The second-order valence-electron chi connectivity index (χ2n) is 5.87. The lowest BCUT2D eigenvalue weighted by molar-refractivity contribution is -0.139. The van der Waals surface area contributed by atoms with E-state index in [0.29, 0.717) is 12.8 Å². The van der Waals surface area contributed by atoms with Crippen LogP contribution in [0.5, 0.6) is 0 Å². The minimum Gasteiger partial charge on any atom is -0.481 e. The lowest BCUT2D eigenvalue weighted by Crippen LogP contribution is -2.44. The minimum atomic E-state index is -0.791. The van der Waals surface area contributed by atoms with Crippen molar-refractivity contribution in [3.63, 3.8) is 0 Å². The maximum atomic E-state index is 12.6. The Kier molecular flexibility index (Phi) is 6.00. The molecule has 1 fully saturated rings. The number of piperidine rings is 1. The van der Waals surface area contributed by atoms with E-state index >= 15 is 0 Å². The number of nitrogens with zero attached hydrogens (tertiary/aromatic N) is 1. The van der Waals surface area contributed by atoms with E-state index in [-0.39, 0.29) is 18.4 Å². The molecule has 1 aromatic rings. The van der Waals surface area contributed by atoms with Gasteiger partial charge in [-0.3, -0.25) is 9.59 Å². The van der Waals surface area contributed by atoms with Gasteiger partial charge in [0.05, 0.1) is 6.42 Å². The zero-order valence-electron chi connectivity index (χ0n) is 12.8. The van der Waals surface area contributed by atoms with Gasteiger partial charge < -0.3 is 10.0 Å². The number of hydrogen-bond donors (Lipinski definition) is 1. The smallest absolute Gasteiger partial charge is 0.303 e. The Morgan fingerprint density at radius 2 is 2.14 bits per heavy atom. The summed E-state index contributed by atoms with van der Waals surface area (Å²) < 4.78 is 1.01. The number of halogens is 1. The van der Waals surface area contributed by atoms with Gasteiger partial charge in [-0.05, 0) is 49.8 Å². The highest BCUT2D eigenvalue weighted by atomic mass is 79.9. The fraction of sp³-hybridized carbons (Fsp3) is 0.529. The third kappa shape index (κ3) is 4.32. The zero-order chi connectivity index (χ0) is 16.1. The average molecular weight is 368 g/mol. The van der Waals surface area contributed by atoms with Crippen molar-refractivity contribution in [1.29, 1.82) is 0 Å². The number of carboxylic acids is 1. The molecule has 1 heterocycles. The number of carboxylic acid groups (broad SMARTS) is 1. The molecule has 2 rings (SSSR count). The first-order valence-corrected chi connectivity index (χ1v) is 8.53. The molecule has 4 nitrogen and oxygen atoms in total. The average Bonchev–Trinajstić information content (AvgIpc) is 2.50. The van der Waals surface area contributed by atoms with Crippen LogP contribution in [0, 0.1) is 6.92 Å². The van der Waals surface area contributed by atoms with Gasteiger partial charge in [0.2, 0.25) is 5.91 Å². The van der Waals surface area contributed by atoms with E-state index in [1.54, 1.807) is 0 Å². The molecule has 0 aromatic heterocycles. The largest absolute Gasteiger partial charge is 0.481 e. The second-order valence-corrected chi connectivity index (χ2v) is 6.72. The van der Waals surface area contributed by atoms with Gasteiger partial charge in [0, 0.05) is 23.5 Å². The fourth-order valence-electron chi connectivity index (χ4n) is 3.03. The Labute approximate surface area is 139 Å². The molecule has 0 spiro atoms. The zero-order valence-corrected chi connectivity index (χ0v) is 14.4. The lowest BCUT2D eigenvalue weighted by atomic mass is 9.96. The molecule has 1 saturated heterocycles. The van der Waals surface area contributed by atoms with Crippen molar-refractivity contribution >= 4 is 27.8 Å². The van der Waals surface area contributed by atoms with E-state index in [1.807, 2.05) is 30.0 Å². The molecule has 0 aliphatic carbocycles. The molecule has 1 N–H and O–H groups in total. The maximum absolute atomic E-state index is 12.6. The Balaban J connectivity index is 2.05. The lowest BCUT2D eigenvalue weighted by Gasteiger charge is -2.36. The summed E-state index contributed by atoms with van der Waals surface area (Å²) in [6, 6.07) is 5.97. The summed E-state index contributed by atoms with van der Waals surface area (Å²) >= 11 is 3.49. The van der Waals surface area contributed by atoms with Crippen LogP contribution in [-0.2, 0) is 16.0 Å². The number of carbonyl (C=O) groups excluding carboxylic acids is 1. The fourth-order valence-corrected chi connectivity index (χ4v) is 3.43. The first-order chi connectivity index (χ1) is 10.5. The van der Waals surface area contributed by atoms with E-state index in [4.69, 9.17) is 5.11 Å². The van der Waals surface area contributed by atoms with Crippen LogP contribution >= 0.6 is 15.9 Å². The Morgan fingerprint density at radius 1 is 1.36 bits per heavy atom. The molecule has 0 radical (unpaired) electrons. The van der Waals surface area contributed by atoms with Crippen molar-refractivity contribution in [3.05, 3.63) is 33.8 Å². The van der Waals surface area contributed by atoms with Crippen molar-refractivity contribution in [3.8, 4) is 0 Å². The van der Waals surface area contributed by atoms with Crippen molar-refractivity contribution < 1.29 is 14.7 Å². The van der Waals surface area contributed by atoms with Gasteiger partial charge in [-0.1, -0.05) is 28.1 Å². The van der Waals surface area contributed by atoms with Crippen LogP contribution in [0.4, 0.5) is 0 Å². The Morgan fingerprint density at radius 3 is 2.86 bits per heavy atom. The molecule has 1 aliphatic rings. The topological polar surface area (TPSA) is 57.6 Å². The highest BCUT2D eigenvalue weighted by molar-refractivity contribution is 9.10. The Bertz CT molecular complexity index is 559. The van der Waals surface area contributed by atoms with Gasteiger partial charge in [0.15, 0.2) is 0 Å². The second kappa shape index (κ2) is 7.77. The standard InChI is InChI=1S/C17H22BrNO3/c1-12-13(5-4-7-15(12)18)11-16(20)19-10-3-2-6-14(19)8-9-17(21)22/h4-5,7,14H,2-3,6,8-11H2,1H3,(H,21,22). The molecule has 0 saturated carbocycles. The van der Waals surface area contributed by atoms with E-state index < -0.39 is 5.97 Å². The molecule has 1 unspecified atom stereocenters. The number of benzene rings is 1. The number of hydrogen-bond acceptors (Lipinski definition) is 2. The Hall–Kier alpha value is -1.36. The predicted molar refractivity (Wildman–Crippen MR) is 88.8 cm³/mol. The van der Waals surface area contributed by atoms with E-state index in [9.17, 15) is 9.59 Å². The first kappa shape index (κ1) is 17.0. The predicted octanol–water partition coefficient (Wildman–Crippen LogP) is 3.55. The summed E-state index contributed by atoms with van der Waals surface area (Å²) in [7, 11) is 0. The van der Waals surface area contributed by atoms with Crippen molar-refractivity contribution in [2.24, 2.45) is 0 Å². The number of aliphatic carboxylic acids is 1. The summed E-state index contributed by atoms with van der Waals surface area (Å²) in [4.78, 5) is 25.3. The molecule has 120 valence electrons. The van der Waals surface area contributed by atoms with Crippen LogP contribution in [0.2, 0.25) is 0 Å². The first-order valence-electron chi connectivity index (χ1n) is 7.74. The van der Waals surface area contributed by atoms with Crippen LogP contribution in [0.1, 0.15) is 43.2 Å². The number of carbonyl (C=O) groups is 2. The molecule has 22 heavy (non-hydrogen) atoms. The van der Waals surface area contributed by atoms with Gasteiger partial charge in [-0.15, -0.1) is 0 Å². The van der Waals surface area contributed by atoms with Gasteiger partial charge in [0.1, 0.15) is 0 Å². The van der Waals surface area contributed by atoms with Gasteiger partial charge in [-0.25, -0.2) is 0 Å². The van der Waals surface area contributed by atoms with Gasteiger partial charge in [0.25, 0.3) is 0 Å². The SMILES string of the molecule is Cc1c(Br)cccc1CC(=O)N1CCCCC1CCC(=O)O. The third-order valence-corrected chi connectivity index (χ3v) is 5.22. The molecule has 0 bridgehead atoms. The van der Waals surface area contributed by atoms with Gasteiger partial charge >= 0.3 is 5.97 Å². The molecule has 1 atom stereocenters. The third-order valence-electron chi connectivity index (χ3n) is 4.36. The quantitative estimate of drug-likeness (QED) is 0.865. The molecular weight excluding hydrogens is 346 g/mol. The van der Waals surface area contributed by atoms with Crippen molar-refractivity contribution in [2.75, 3.05) is 6.54 Å². The summed E-state index contributed by atoms with van der Waals surface area (Å²) in [6.45, 7) is 2.75. The van der Waals surface area contributed by atoms with E-state index in [2.05, 4.69) is 15.9 Å². The number of rotatable bonds is 5. The van der Waals surface area contributed by atoms with Crippen molar-refractivity contribution in [1.82, 2.24) is 4.90 Å². The molecular formula is C17H22BrNO3. The van der Waals surface area contributed by atoms with Crippen LogP contribution < -0.4 is 0 Å². The van der Waals surface area contributed by atoms with Crippen LogP contribution in [0.25, 0.3) is 0 Å². The highest BCUT2D eigenvalue weighted by Crippen LogP contribution is 2.24. The maximum Gasteiger partial charge on any atom is 0.303 e. The summed E-state index contributed by atoms with van der Waals surface area (Å²) in [5.74, 6) is -0.683. The van der Waals surface area contributed by atoms with Crippen LogP contribution in [0.3, 0.4) is 0 Å². The van der Waals surface area contributed by atoms with E-state index in [0.717, 1.165) is 41.4 Å². The normalized spacial score (nSPS) is 18.3. The van der Waals surface area contributed by atoms with Crippen LogP contribution in [0.15, 0.2) is 22.7 Å². The van der Waals surface area contributed by atoms with Crippen LogP contribution in [-0.4, -0.2) is 34.5 Å². The van der Waals surface area contributed by atoms with E-state index in [1.165, 1.54) is 0 Å². The number of amides is 1. The minimum absolute atomic E-state index is 0.0739. The highest BCUT2D eigenvalue weighted by Gasteiger charge is 2.27. The number of likely N-dealkylation sites (tertiary alicyclic amines) is 1. The molecule has 1 amide bonds.